The van der Waals surface area contributed by atoms with E-state index in [1.807, 2.05) is 30.3 Å². The zero-order chi connectivity index (χ0) is 20.5. The maximum atomic E-state index is 13.1. The number of hydrogen-bond donors (Lipinski definition) is 2. The van der Waals surface area contributed by atoms with E-state index in [2.05, 4.69) is 5.32 Å². The molecule has 0 saturated carbocycles. The lowest BCUT2D eigenvalue weighted by atomic mass is 10.0. The average Bonchev–Trinajstić information content (AvgIpc) is 2.65. The van der Waals surface area contributed by atoms with Crippen molar-refractivity contribution in [2.75, 3.05) is 13.1 Å². The molecule has 1 unspecified atom stereocenters. The lowest BCUT2D eigenvalue weighted by Gasteiger charge is -2.23. The molecule has 2 amide bonds. The molecule has 0 saturated heterocycles. The van der Waals surface area contributed by atoms with Gasteiger partial charge in [-0.1, -0.05) is 42.5 Å². The third-order valence-electron chi connectivity index (χ3n) is 4.28. The van der Waals surface area contributed by atoms with Crippen LogP contribution in [-0.2, 0) is 20.8 Å². The van der Waals surface area contributed by atoms with E-state index < -0.39 is 23.7 Å². The Bertz CT molecular complexity index is 809. The molecule has 2 aromatic carbocycles. The minimum Gasteiger partial charge on any atom is -0.481 e. The second kappa shape index (κ2) is 10.2. The zero-order valence-corrected chi connectivity index (χ0v) is 15.6. The van der Waals surface area contributed by atoms with Crippen molar-refractivity contribution >= 4 is 17.8 Å². The van der Waals surface area contributed by atoms with Gasteiger partial charge in [-0.2, -0.15) is 0 Å². The molecular weight excluding hydrogens is 363 g/mol. The number of benzene rings is 2. The summed E-state index contributed by atoms with van der Waals surface area (Å²) in [5.74, 6) is -2.27. The molecule has 6 nitrogen and oxygen atoms in total. The molecule has 0 radical (unpaired) electrons. The fourth-order valence-electron chi connectivity index (χ4n) is 2.79. The van der Waals surface area contributed by atoms with Crippen LogP contribution in [0.2, 0.25) is 0 Å². The number of nitrogens with one attached hydrogen (secondary N) is 1. The maximum Gasteiger partial charge on any atom is 0.305 e. The van der Waals surface area contributed by atoms with E-state index in [0.717, 1.165) is 5.56 Å². The second-order valence-corrected chi connectivity index (χ2v) is 6.45. The number of carbonyl (C=O) groups is 3. The third-order valence-corrected chi connectivity index (χ3v) is 4.28. The molecule has 0 heterocycles. The van der Waals surface area contributed by atoms with Gasteiger partial charge in [-0.15, -0.1) is 0 Å². The third kappa shape index (κ3) is 6.83. The van der Waals surface area contributed by atoms with Crippen LogP contribution in [-0.4, -0.2) is 40.9 Å². The van der Waals surface area contributed by atoms with Crippen molar-refractivity contribution in [1.82, 2.24) is 10.2 Å². The monoisotopic (exact) mass is 386 g/mol. The molecule has 0 fully saturated rings. The Labute approximate surface area is 163 Å². The second-order valence-electron chi connectivity index (χ2n) is 6.45. The predicted octanol–water partition coefficient (Wildman–Crippen LogP) is 2.55. The Morgan fingerprint density at radius 2 is 1.71 bits per heavy atom. The summed E-state index contributed by atoms with van der Waals surface area (Å²) in [4.78, 5) is 36.9. The number of aliphatic carboxylic acids is 1. The average molecular weight is 386 g/mol. The van der Waals surface area contributed by atoms with E-state index in [9.17, 15) is 18.8 Å². The van der Waals surface area contributed by atoms with Gasteiger partial charge in [0, 0.05) is 13.5 Å². The first-order chi connectivity index (χ1) is 13.3. The highest BCUT2D eigenvalue weighted by atomic mass is 19.1. The van der Waals surface area contributed by atoms with Crippen LogP contribution in [0.5, 0.6) is 0 Å². The van der Waals surface area contributed by atoms with Crippen molar-refractivity contribution < 1.29 is 23.9 Å². The Morgan fingerprint density at radius 1 is 1.07 bits per heavy atom. The first kappa shape index (κ1) is 21.1. The SMILES string of the molecule is CC(=O)N(CCc1ccccc1)CC(=O)NC(CC(=O)O)c1ccc(F)cc1. The molecule has 0 aliphatic rings. The molecule has 0 spiro atoms. The highest BCUT2D eigenvalue weighted by molar-refractivity contribution is 5.84. The summed E-state index contributed by atoms with van der Waals surface area (Å²) in [5.41, 5.74) is 1.53. The lowest BCUT2D eigenvalue weighted by molar-refractivity contribution is -0.138. The minimum absolute atomic E-state index is 0.181. The van der Waals surface area contributed by atoms with E-state index in [1.54, 1.807) is 0 Å². The van der Waals surface area contributed by atoms with Gasteiger partial charge >= 0.3 is 5.97 Å². The predicted molar refractivity (Wildman–Crippen MR) is 102 cm³/mol. The van der Waals surface area contributed by atoms with Crippen molar-refractivity contribution in [2.45, 2.75) is 25.8 Å². The Hall–Kier alpha value is -3.22. The van der Waals surface area contributed by atoms with E-state index >= 15 is 0 Å². The Kier molecular flexibility index (Phi) is 7.68. The molecular formula is C21H23FN2O4. The summed E-state index contributed by atoms with van der Waals surface area (Å²) in [6, 6.07) is 14.1. The molecule has 1 atom stereocenters. The smallest absolute Gasteiger partial charge is 0.305 e. The van der Waals surface area contributed by atoms with Gasteiger partial charge in [0.25, 0.3) is 0 Å². The van der Waals surface area contributed by atoms with Gasteiger partial charge in [0.05, 0.1) is 19.0 Å². The van der Waals surface area contributed by atoms with Gasteiger partial charge in [0.2, 0.25) is 11.8 Å². The van der Waals surface area contributed by atoms with Crippen molar-refractivity contribution in [1.29, 1.82) is 0 Å². The van der Waals surface area contributed by atoms with Gasteiger partial charge in [0.15, 0.2) is 0 Å². The summed E-state index contributed by atoms with van der Waals surface area (Å²) in [5, 5.41) is 11.7. The zero-order valence-electron chi connectivity index (χ0n) is 15.6. The molecule has 2 aromatic rings. The summed E-state index contributed by atoms with van der Waals surface area (Å²) in [6.07, 6.45) is 0.256. The molecule has 2 rings (SSSR count). The number of nitrogens with zero attached hydrogens (tertiary/aromatic N) is 1. The summed E-state index contributed by atoms with van der Waals surface area (Å²) < 4.78 is 13.1. The van der Waals surface area contributed by atoms with Crippen LogP contribution in [0.15, 0.2) is 54.6 Å². The van der Waals surface area contributed by atoms with Crippen molar-refractivity contribution in [3.63, 3.8) is 0 Å². The van der Waals surface area contributed by atoms with Gasteiger partial charge in [0.1, 0.15) is 5.82 Å². The summed E-state index contributed by atoms with van der Waals surface area (Å²) in [7, 11) is 0. The number of hydrogen-bond acceptors (Lipinski definition) is 3. The molecule has 0 bridgehead atoms. The van der Waals surface area contributed by atoms with Crippen LogP contribution in [0, 0.1) is 5.82 Å². The first-order valence-electron chi connectivity index (χ1n) is 8.91. The normalized spacial score (nSPS) is 11.5. The Balaban J connectivity index is 2.00. The standard InChI is InChI=1S/C21H23FN2O4/c1-15(25)24(12-11-16-5-3-2-4-6-16)14-20(26)23-19(13-21(27)28)17-7-9-18(22)10-8-17/h2-10,19H,11-14H2,1H3,(H,23,26)(H,27,28). The fourth-order valence-corrected chi connectivity index (χ4v) is 2.79. The van der Waals surface area contributed by atoms with Crippen molar-refractivity contribution in [2.24, 2.45) is 0 Å². The first-order valence-corrected chi connectivity index (χ1v) is 8.91. The molecule has 148 valence electrons. The summed E-state index contributed by atoms with van der Waals surface area (Å²) in [6.45, 7) is 1.57. The van der Waals surface area contributed by atoms with Gasteiger partial charge in [-0.3, -0.25) is 14.4 Å². The van der Waals surface area contributed by atoms with Crippen LogP contribution in [0.25, 0.3) is 0 Å². The quantitative estimate of drug-likeness (QED) is 0.693. The largest absolute Gasteiger partial charge is 0.481 e. The van der Waals surface area contributed by atoms with Crippen LogP contribution in [0.3, 0.4) is 0 Å². The number of carbonyl (C=O) groups excluding carboxylic acids is 2. The van der Waals surface area contributed by atoms with Crippen molar-refractivity contribution in [3.8, 4) is 0 Å². The molecule has 0 aliphatic carbocycles. The molecule has 2 N–H and O–H groups in total. The van der Waals surface area contributed by atoms with E-state index in [4.69, 9.17) is 5.11 Å². The van der Waals surface area contributed by atoms with E-state index in [-0.39, 0.29) is 18.9 Å². The number of carboxylic acids is 1. The summed E-state index contributed by atoms with van der Waals surface area (Å²) >= 11 is 0. The number of rotatable bonds is 9. The van der Waals surface area contributed by atoms with Crippen LogP contribution in [0.1, 0.15) is 30.5 Å². The highest BCUT2D eigenvalue weighted by Crippen LogP contribution is 2.17. The van der Waals surface area contributed by atoms with Gasteiger partial charge in [-0.05, 0) is 29.7 Å². The van der Waals surface area contributed by atoms with Gasteiger partial charge < -0.3 is 15.3 Å². The number of amides is 2. The van der Waals surface area contributed by atoms with Crippen LogP contribution in [0.4, 0.5) is 4.39 Å². The lowest BCUT2D eigenvalue weighted by Crippen LogP contribution is -2.42. The minimum atomic E-state index is -1.10. The van der Waals surface area contributed by atoms with E-state index in [0.29, 0.717) is 18.5 Å². The topological polar surface area (TPSA) is 86.7 Å². The molecule has 7 heteroatoms. The number of halogens is 1. The fraction of sp³-hybridized carbons (Fsp3) is 0.286. The highest BCUT2D eigenvalue weighted by Gasteiger charge is 2.20. The molecule has 0 aliphatic heterocycles. The van der Waals surface area contributed by atoms with Crippen molar-refractivity contribution in [3.05, 3.63) is 71.5 Å². The van der Waals surface area contributed by atoms with E-state index in [1.165, 1.54) is 36.1 Å². The molecule has 28 heavy (non-hydrogen) atoms. The van der Waals surface area contributed by atoms with Crippen LogP contribution >= 0.6 is 0 Å². The Morgan fingerprint density at radius 3 is 2.29 bits per heavy atom. The number of carboxylic acid groups (broad SMARTS) is 1. The maximum absolute atomic E-state index is 13.1. The van der Waals surface area contributed by atoms with Crippen LogP contribution < -0.4 is 5.32 Å². The molecule has 0 aromatic heterocycles. The van der Waals surface area contributed by atoms with Gasteiger partial charge in [-0.25, -0.2) is 4.39 Å².